The molecule has 0 bridgehead atoms. The Kier molecular flexibility index (Phi) is 7.04. The van der Waals surface area contributed by atoms with Crippen LogP contribution in [0.5, 0.6) is 5.75 Å². The van der Waals surface area contributed by atoms with Crippen LogP contribution in [-0.2, 0) is 41.1 Å². The summed E-state index contributed by atoms with van der Waals surface area (Å²) in [5, 5.41) is 21.9. The van der Waals surface area contributed by atoms with Gasteiger partial charge in [0.25, 0.3) is 5.56 Å². The minimum atomic E-state index is -1.83. The van der Waals surface area contributed by atoms with E-state index in [1.165, 1.54) is 13.2 Å². The van der Waals surface area contributed by atoms with Crippen LogP contribution >= 0.6 is 9.03 Å². The molecule has 0 fully saturated rings. The zero-order valence-electron chi connectivity index (χ0n) is 19.3. The van der Waals surface area contributed by atoms with Gasteiger partial charge in [0, 0.05) is 40.8 Å². The van der Waals surface area contributed by atoms with E-state index in [4.69, 9.17) is 14.5 Å². The Hall–Kier alpha value is -2.75. The molecule has 1 aliphatic carbocycles. The lowest BCUT2D eigenvalue weighted by molar-refractivity contribution is -0.125. The topological polar surface area (TPSA) is 142 Å². The molecule has 0 amide bonds. The summed E-state index contributed by atoms with van der Waals surface area (Å²) in [7, 11) is 0.530. The van der Waals surface area contributed by atoms with Crippen molar-refractivity contribution in [3.8, 4) is 17.1 Å². The Morgan fingerprint density at radius 3 is 2.57 bits per heavy atom. The summed E-state index contributed by atoms with van der Waals surface area (Å²) < 4.78 is 21.2. The van der Waals surface area contributed by atoms with Crippen LogP contribution in [0.1, 0.15) is 47.6 Å². The molecule has 1 atom stereocenters. The van der Waals surface area contributed by atoms with Gasteiger partial charge in [0.2, 0.25) is 0 Å². The fraction of sp³-hybridized carbons (Fsp3) is 0.375. The second-order valence-electron chi connectivity index (χ2n) is 8.59. The average Bonchev–Trinajstić information content (AvgIpc) is 3.23. The number of aliphatic hydroxyl groups is 1. The SMILES string of the molecule is CC[C@@](O)(C=O)c1cc2n(c(=O)c1COC)Cc1c-2nc2cc(F)c(O)c3c2c1CCC3.OPO. The summed E-state index contributed by atoms with van der Waals surface area (Å²) in [6, 6.07) is 2.85. The van der Waals surface area contributed by atoms with Crippen molar-refractivity contribution in [2.75, 3.05) is 7.11 Å². The number of carbonyl (C=O) groups is 1. The van der Waals surface area contributed by atoms with Crippen molar-refractivity contribution in [3.63, 3.8) is 0 Å². The fourth-order valence-corrected chi connectivity index (χ4v) is 5.14. The Labute approximate surface area is 201 Å². The maximum absolute atomic E-state index is 14.4. The number of halogens is 1. The number of aryl methyl sites for hydroxylation is 2. The first-order valence-electron chi connectivity index (χ1n) is 11.1. The van der Waals surface area contributed by atoms with E-state index >= 15 is 0 Å². The van der Waals surface area contributed by atoms with E-state index in [1.807, 2.05) is 0 Å². The highest BCUT2D eigenvalue weighted by atomic mass is 31.1. The van der Waals surface area contributed by atoms with Crippen LogP contribution in [0, 0.1) is 5.82 Å². The summed E-state index contributed by atoms with van der Waals surface area (Å²) in [4.78, 5) is 44.2. The third-order valence-corrected chi connectivity index (χ3v) is 6.82. The molecule has 0 radical (unpaired) electrons. The minimum Gasteiger partial charge on any atom is -0.505 e. The van der Waals surface area contributed by atoms with Crippen molar-refractivity contribution in [2.45, 2.75) is 51.4 Å². The fourth-order valence-electron chi connectivity index (χ4n) is 5.14. The third-order valence-electron chi connectivity index (χ3n) is 6.82. The summed E-state index contributed by atoms with van der Waals surface area (Å²) in [6.45, 7) is 1.89. The number of pyridine rings is 2. The van der Waals surface area contributed by atoms with E-state index in [1.54, 1.807) is 17.6 Å². The van der Waals surface area contributed by atoms with Crippen molar-refractivity contribution in [1.82, 2.24) is 9.55 Å². The molecule has 11 heteroatoms. The highest BCUT2D eigenvalue weighted by molar-refractivity contribution is 7.23. The summed E-state index contributed by atoms with van der Waals surface area (Å²) >= 11 is 0. The van der Waals surface area contributed by atoms with Gasteiger partial charge in [-0.05, 0) is 37.3 Å². The molecule has 5 rings (SSSR count). The molecule has 0 saturated heterocycles. The normalized spacial score (nSPS) is 15.1. The number of fused-ring (bicyclic) bond motifs is 4. The second kappa shape index (κ2) is 9.72. The van der Waals surface area contributed by atoms with E-state index in [2.05, 4.69) is 4.98 Å². The summed E-state index contributed by atoms with van der Waals surface area (Å²) in [5.41, 5.74) is 2.06. The van der Waals surface area contributed by atoms with Gasteiger partial charge >= 0.3 is 0 Å². The standard InChI is InChI=1S/C24H23FN2O5.H3O2P/c1-3-24(31,11-28)16-7-19-21-14(9-27(19)23(30)15(16)10-32-2)12-5-4-6-13-20(12)18(26-21)8-17(25)22(13)29;1-3-2/h7-8,11,29,31H,3-6,9-10H2,1-2H3;1-3H/t24-;/m1./s1. The number of hydrogen-bond donors (Lipinski definition) is 4. The van der Waals surface area contributed by atoms with Crippen LogP contribution in [0.2, 0.25) is 0 Å². The number of aromatic hydroxyl groups is 1. The molecule has 2 aliphatic rings. The van der Waals surface area contributed by atoms with E-state index in [0.717, 1.165) is 29.4 Å². The van der Waals surface area contributed by atoms with Crippen molar-refractivity contribution in [1.29, 1.82) is 0 Å². The molecule has 0 saturated carbocycles. The second-order valence-corrected chi connectivity index (χ2v) is 8.79. The number of aromatic nitrogens is 2. The highest BCUT2D eigenvalue weighted by Gasteiger charge is 2.36. The Morgan fingerprint density at radius 1 is 1.26 bits per heavy atom. The Bertz CT molecular complexity index is 1390. The number of phenols is 1. The van der Waals surface area contributed by atoms with E-state index in [9.17, 15) is 24.2 Å². The van der Waals surface area contributed by atoms with Gasteiger partial charge in [-0.25, -0.2) is 9.37 Å². The first kappa shape index (κ1) is 25.3. The smallest absolute Gasteiger partial charge is 0.257 e. The molecule has 4 N–H and O–H groups in total. The lowest BCUT2D eigenvalue weighted by atomic mass is 9.86. The maximum Gasteiger partial charge on any atom is 0.257 e. The van der Waals surface area contributed by atoms with Crippen LogP contribution in [0.3, 0.4) is 0 Å². The van der Waals surface area contributed by atoms with Crippen LogP contribution < -0.4 is 5.56 Å². The number of benzene rings is 1. The molecule has 2 aromatic heterocycles. The molecule has 3 aromatic rings. The summed E-state index contributed by atoms with van der Waals surface area (Å²) in [5.74, 6) is -1.06. The first-order valence-corrected chi connectivity index (χ1v) is 12.0. The number of hydrogen-bond acceptors (Lipinski definition) is 8. The quantitative estimate of drug-likeness (QED) is 0.239. The van der Waals surface area contributed by atoms with Gasteiger partial charge in [0.05, 0.1) is 30.1 Å². The van der Waals surface area contributed by atoms with Gasteiger partial charge in [0.15, 0.2) is 17.9 Å². The van der Waals surface area contributed by atoms with E-state index in [0.29, 0.717) is 35.2 Å². The van der Waals surface area contributed by atoms with E-state index < -0.39 is 20.5 Å². The number of rotatable bonds is 5. The zero-order chi connectivity index (χ0) is 25.5. The Balaban J connectivity index is 0.000000917. The van der Waals surface area contributed by atoms with E-state index in [-0.39, 0.29) is 42.0 Å². The van der Waals surface area contributed by atoms with Crippen molar-refractivity contribution in [2.24, 2.45) is 0 Å². The first-order chi connectivity index (χ1) is 16.8. The number of aldehydes is 1. The zero-order valence-corrected chi connectivity index (χ0v) is 20.3. The average molecular weight is 504 g/mol. The van der Waals surface area contributed by atoms with Gasteiger partial charge < -0.3 is 29.3 Å². The number of nitrogens with zero attached hydrogens (tertiary/aromatic N) is 2. The molecule has 35 heavy (non-hydrogen) atoms. The van der Waals surface area contributed by atoms with Gasteiger partial charge in [-0.15, -0.1) is 0 Å². The molecule has 0 unspecified atom stereocenters. The molecule has 3 heterocycles. The monoisotopic (exact) mass is 504 g/mol. The molecular weight excluding hydrogens is 478 g/mol. The lowest BCUT2D eigenvalue weighted by Gasteiger charge is -2.24. The molecular formula is C24H26FN2O7P. The van der Waals surface area contributed by atoms with Crippen molar-refractivity contribution in [3.05, 3.63) is 56.1 Å². The van der Waals surface area contributed by atoms with Crippen LogP contribution in [0.4, 0.5) is 4.39 Å². The van der Waals surface area contributed by atoms with Gasteiger partial charge in [-0.2, -0.15) is 0 Å². The van der Waals surface area contributed by atoms with Gasteiger partial charge in [-0.1, -0.05) is 6.92 Å². The minimum absolute atomic E-state index is 0.0492. The van der Waals surface area contributed by atoms with Crippen molar-refractivity contribution < 1.29 is 33.9 Å². The molecule has 1 aliphatic heterocycles. The van der Waals surface area contributed by atoms with Gasteiger partial charge in [0.1, 0.15) is 14.6 Å². The molecule has 0 spiro atoms. The third kappa shape index (κ3) is 3.95. The van der Waals surface area contributed by atoms with Crippen LogP contribution in [0.15, 0.2) is 16.9 Å². The lowest BCUT2D eigenvalue weighted by Crippen LogP contribution is -2.34. The maximum atomic E-state index is 14.4. The summed E-state index contributed by atoms with van der Waals surface area (Å²) in [6.07, 6.45) is 2.57. The predicted molar refractivity (Wildman–Crippen MR) is 128 cm³/mol. The number of carbonyl (C=O) groups excluding carboxylic acids is 1. The number of ether oxygens (including phenoxy) is 1. The van der Waals surface area contributed by atoms with Crippen molar-refractivity contribution >= 4 is 26.2 Å². The number of phenolic OH excluding ortho intramolecular Hbond substituents is 1. The Morgan fingerprint density at radius 2 is 1.94 bits per heavy atom. The molecule has 9 nitrogen and oxygen atoms in total. The molecule has 186 valence electrons. The number of methoxy groups -OCH3 is 1. The highest BCUT2D eigenvalue weighted by Crippen LogP contribution is 2.43. The molecule has 1 aromatic carbocycles. The predicted octanol–water partition coefficient (Wildman–Crippen LogP) is 2.18. The largest absolute Gasteiger partial charge is 0.505 e. The van der Waals surface area contributed by atoms with Crippen LogP contribution in [-0.4, -0.2) is 42.9 Å². The van der Waals surface area contributed by atoms with Gasteiger partial charge in [-0.3, -0.25) is 9.59 Å². The van der Waals surface area contributed by atoms with Crippen LogP contribution in [0.25, 0.3) is 22.3 Å².